The number of fused-ring (bicyclic) bond motifs is 1. The van der Waals surface area contributed by atoms with Crippen LogP contribution >= 0.6 is 0 Å². The molecule has 1 aliphatic carbocycles. The van der Waals surface area contributed by atoms with E-state index in [1.807, 2.05) is 37.3 Å². The Morgan fingerprint density at radius 1 is 1.36 bits per heavy atom. The molecule has 2 aliphatic rings. The van der Waals surface area contributed by atoms with Gasteiger partial charge in [-0.1, -0.05) is 30.3 Å². The highest BCUT2D eigenvalue weighted by molar-refractivity contribution is 6.07. The molecular weight excluding hydrogens is 285 g/mol. The summed E-state index contributed by atoms with van der Waals surface area (Å²) in [6.07, 6.45) is 0.919. The van der Waals surface area contributed by atoms with E-state index in [0.29, 0.717) is 12.8 Å². The van der Waals surface area contributed by atoms with Crippen molar-refractivity contribution in [1.29, 1.82) is 0 Å². The van der Waals surface area contributed by atoms with Gasteiger partial charge in [-0.2, -0.15) is 0 Å². The smallest absolute Gasteiger partial charge is 0.322 e. The molecule has 2 fully saturated rings. The van der Waals surface area contributed by atoms with Crippen LogP contribution in [-0.2, 0) is 14.3 Å². The number of benzene rings is 1. The van der Waals surface area contributed by atoms with Crippen molar-refractivity contribution in [2.75, 3.05) is 20.3 Å². The van der Waals surface area contributed by atoms with Crippen LogP contribution in [0.4, 0.5) is 4.39 Å². The van der Waals surface area contributed by atoms with Crippen molar-refractivity contribution in [2.24, 2.45) is 10.8 Å². The number of nitrogens with zero attached hydrogens (tertiary/aromatic N) is 1. The molecule has 0 N–H and O–H groups in total. The highest BCUT2D eigenvalue weighted by Crippen LogP contribution is 2.63. The topological polar surface area (TPSA) is 46.6 Å². The van der Waals surface area contributed by atoms with E-state index in [-0.39, 0.29) is 18.5 Å². The summed E-state index contributed by atoms with van der Waals surface area (Å²) in [5.74, 6) is -0.885. The highest BCUT2D eigenvalue weighted by Gasteiger charge is 2.74. The number of rotatable bonds is 4. The normalized spacial score (nSPS) is 31.4. The monoisotopic (exact) mass is 305 g/mol. The van der Waals surface area contributed by atoms with Crippen molar-refractivity contribution in [1.82, 2.24) is 4.90 Å². The quantitative estimate of drug-likeness (QED) is 0.634. The Labute approximate surface area is 129 Å². The molecule has 3 rings (SSSR count). The third-order valence-electron chi connectivity index (χ3n) is 5.52. The van der Waals surface area contributed by atoms with E-state index >= 15 is 0 Å². The zero-order chi connectivity index (χ0) is 16.0. The number of carbonyl (C=O) groups is 2. The van der Waals surface area contributed by atoms with Crippen LogP contribution in [0.2, 0.25) is 0 Å². The van der Waals surface area contributed by atoms with E-state index in [1.54, 1.807) is 4.90 Å². The van der Waals surface area contributed by atoms with E-state index in [1.165, 1.54) is 7.11 Å². The molecule has 0 bridgehead atoms. The molecule has 1 aromatic rings. The minimum atomic E-state index is -1.32. The lowest BCUT2D eigenvalue weighted by Crippen LogP contribution is -2.58. The lowest BCUT2D eigenvalue weighted by atomic mass is 9.51. The number of hydrogen-bond acceptors (Lipinski definition) is 3. The fraction of sp³-hybridized carbons (Fsp3) is 0.529. The zero-order valence-corrected chi connectivity index (χ0v) is 12.8. The molecule has 0 radical (unpaired) electrons. The predicted octanol–water partition coefficient (Wildman–Crippen LogP) is 2.50. The largest absolute Gasteiger partial charge is 0.468 e. The van der Waals surface area contributed by atoms with Crippen molar-refractivity contribution in [2.45, 2.75) is 25.8 Å². The highest BCUT2D eigenvalue weighted by atomic mass is 19.1. The van der Waals surface area contributed by atoms with Crippen molar-refractivity contribution < 1.29 is 18.7 Å². The number of alkyl halides is 1. The summed E-state index contributed by atoms with van der Waals surface area (Å²) in [4.78, 5) is 26.8. The number of likely N-dealkylation sites (tertiary alicyclic amines) is 1. The van der Waals surface area contributed by atoms with Crippen molar-refractivity contribution in [3.63, 3.8) is 0 Å². The minimum absolute atomic E-state index is 0.191. The molecule has 5 heteroatoms. The third kappa shape index (κ3) is 1.68. The van der Waals surface area contributed by atoms with E-state index < -0.39 is 23.5 Å². The molecule has 1 saturated carbocycles. The van der Waals surface area contributed by atoms with E-state index in [4.69, 9.17) is 4.74 Å². The first-order valence-corrected chi connectivity index (χ1v) is 7.53. The summed E-state index contributed by atoms with van der Waals surface area (Å²) >= 11 is 0. The second-order valence-corrected chi connectivity index (χ2v) is 6.33. The maximum Gasteiger partial charge on any atom is 0.322 e. The molecule has 0 spiro atoms. The number of hydrogen-bond donors (Lipinski definition) is 0. The molecule has 1 amide bonds. The van der Waals surface area contributed by atoms with Crippen molar-refractivity contribution in [3.8, 4) is 0 Å². The maximum atomic E-state index is 13.8. The molecule has 22 heavy (non-hydrogen) atoms. The van der Waals surface area contributed by atoms with Crippen LogP contribution in [0.5, 0.6) is 0 Å². The molecule has 1 saturated heterocycles. The average molecular weight is 305 g/mol. The Morgan fingerprint density at radius 3 is 2.55 bits per heavy atom. The first-order valence-electron chi connectivity index (χ1n) is 7.53. The summed E-state index contributed by atoms with van der Waals surface area (Å²) in [6.45, 7) is 1.51. The predicted molar refractivity (Wildman–Crippen MR) is 78.7 cm³/mol. The van der Waals surface area contributed by atoms with Gasteiger partial charge in [-0.25, -0.2) is 0 Å². The van der Waals surface area contributed by atoms with Crippen LogP contribution in [-0.4, -0.2) is 37.1 Å². The second kappa shape index (κ2) is 5.07. The van der Waals surface area contributed by atoms with Crippen LogP contribution in [0, 0.1) is 10.8 Å². The summed E-state index contributed by atoms with van der Waals surface area (Å²) in [5.41, 5.74) is -1.26. The van der Waals surface area contributed by atoms with Gasteiger partial charge in [0.25, 0.3) is 0 Å². The van der Waals surface area contributed by atoms with Gasteiger partial charge in [-0.05, 0) is 25.3 Å². The molecule has 3 unspecified atom stereocenters. The van der Waals surface area contributed by atoms with Crippen LogP contribution in [0.1, 0.15) is 31.4 Å². The first kappa shape index (κ1) is 15.0. The standard InChI is InChI=1S/C17H20FNO3/c1-12(13-6-4-3-5-7-13)19-11-16(10-18)8-9-17(16,14(19)20)15(21)22-2/h3-7,12H,8-11H2,1-2H3. The average Bonchev–Trinajstić information content (AvgIpc) is 2.71. The number of esters is 1. The number of ether oxygens (including phenoxy) is 1. The number of carbonyl (C=O) groups excluding carboxylic acids is 2. The summed E-state index contributed by atoms with van der Waals surface area (Å²) in [7, 11) is 1.26. The van der Waals surface area contributed by atoms with Gasteiger partial charge in [0.05, 0.1) is 19.8 Å². The fourth-order valence-corrected chi connectivity index (χ4v) is 3.95. The van der Waals surface area contributed by atoms with E-state index in [0.717, 1.165) is 5.56 Å². The Balaban J connectivity index is 1.97. The van der Waals surface area contributed by atoms with Crippen LogP contribution in [0.15, 0.2) is 30.3 Å². The zero-order valence-electron chi connectivity index (χ0n) is 12.8. The van der Waals surface area contributed by atoms with Crippen molar-refractivity contribution >= 4 is 11.9 Å². The lowest BCUT2D eigenvalue weighted by Gasteiger charge is -2.48. The van der Waals surface area contributed by atoms with Crippen molar-refractivity contribution in [3.05, 3.63) is 35.9 Å². The van der Waals surface area contributed by atoms with Gasteiger partial charge in [-0.3, -0.25) is 14.0 Å². The maximum absolute atomic E-state index is 13.8. The van der Waals surface area contributed by atoms with Gasteiger partial charge in [-0.15, -0.1) is 0 Å². The molecule has 4 nitrogen and oxygen atoms in total. The van der Waals surface area contributed by atoms with Crippen LogP contribution in [0.25, 0.3) is 0 Å². The Morgan fingerprint density at radius 2 is 2.05 bits per heavy atom. The number of amides is 1. The molecule has 3 atom stereocenters. The first-order chi connectivity index (χ1) is 10.5. The van der Waals surface area contributed by atoms with Gasteiger partial charge in [0.15, 0.2) is 5.41 Å². The van der Waals surface area contributed by atoms with Gasteiger partial charge in [0.1, 0.15) is 0 Å². The van der Waals surface area contributed by atoms with Crippen LogP contribution < -0.4 is 0 Å². The molecule has 118 valence electrons. The number of halogens is 1. The van der Waals surface area contributed by atoms with E-state index in [9.17, 15) is 14.0 Å². The minimum Gasteiger partial charge on any atom is -0.468 e. The summed E-state index contributed by atoms with van der Waals surface area (Å²) in [5, 5.41) is 0. The second-order valence-electron chi connectivity index (χ2n) is 6.33. The summed E-state index contributed by atoms with van der Waals surface area (Å²) in [6, 6.07) is 9.40. The molecule has 1 heterocycles. The van der Waals surface area contributed by atoms with Gasteiger partial charge in [0, 0.05) is 12.0 Å². The Kier molecular flexibility index (Phi) is 3.46. The molecule has 1 aliphatic heterocycles. The SMILES string of the molecule is COC(=O)C12CCC1(CF)CN(C(C)c1ccccc1)C2=O. The molecular formula is C17H20FNO3. The Hall–Kier alpha value is -1.91. The van der Waals surface area contributed by atoms with E-state index in [2.05, 4.69) is 0 Å². The third-order valence-corrected chi connectivity index (χ3v) is 5.52. The van der Waals surface area contributed by atoms with Crippen LogP contribution in [0.3, 0.4) is 0 Å². The lowest BCUT2D eigenvalue weighted by molar-refractivity contribution is -0.178. The van der Waals surface area contributed by atoms with Gasteiger partial charge < -0.3 is 9.64 Å². The fourth-order valence-electron chi connectivity index (χ4n) is 3.95. The molecule has 1 aromatic carbocycles. The molecule has 0 aromatic heterocycles. The van der Waals surface area contributed by atoms with Gasteiger partial charge in [0.2, 0.25) is 5.91 Å². The van der Waals surface area contributed by atoms with Gasteiger partial charge >= 0.3 is 5.97 Å². The number of methoxy groups -OCH3 is 1. The Bertz CT molecular complexity index is 601. The summed E-state index contributed by atoms with van der Waals surface area (Å²) < 4.78 is 18.6.